The number of rotatable bonds is 9. The molecule has 9 heteroatoms. The van der Waals surface area contributed by atoms with Gasteiger partial charge in [0.25, 0.3) is 0 Å². The van der Waals surface area contributed by atoms with Crippen molar-refractivity contribution in [3.8, 4) is 11.1 Å². The van der Waals surface area contributed by atoms with Crippen molar-refractivity contribution in [3.63, 3.8) is 0 Å². The van der Waals surface area contributed by atoms with E-state index in [1.54, 1.807) is 30.3 Å². The van der Waals surface area contributed by atoms with Crippen LogP contribution in [0.5, 0.6) is 0 Å². The normalized spacial score (nSPS) is 13.9. The molecule has 0 aromatic heterocycles. The van der Waals surface area contributed by atoms with Crippen LogP contribution in [0.1, 0.15) is 5.56 Å². The van der Waals surface area contributed by atoms with Crippen molar-refractivity contribution >= 4 is 35.1 Å². The van der Waals surface area contributed by atoms with E-state index in [0.29, 0.717) is 10.0 Å². The Kier molecular flexibility index (Phi) is 9.08. The number of aliphatic hydroxyl groups excluding tert-OH is 2. The maximum Gasteiger partial charge on any atom is 0.337 e. The van der Waals surface area contributed by atoms with Crippen molar-refractivity contribution in [3.05, 3.63) is 58.1 Å². The third kappa shape index (κ3) is 6.68. The zero-order valence-electron chi connectivity index (χ0n) is 16.5. The molecule has 0 spiro atoms. The molecular weight excluding hydrogens is 433 g/mol. The summed E-state index contributed by atoms with van der Waals surface area (Å²) in [5, 5.41) is 24.0. The molecule has 0 fully saturated rings. The maximum atomic E-state index is 11.9. The molecule has 2 rings (SSSR count). The minimum absolute atomic E-state index is 0.154. The molecule has 2 aromatic carbocycles. The van der Waals surface area contributed by atoms with Crippen LogP contribution in [0.25, 0.3) is 11.1 Å². The fourth-order valence-corrected chi connectivity index (χ4v) is 3.45. The summed E-state index contributed by atoms with van der Waals surface area (Å²) in [5.74, 6) is -1.49. The summed E-state index contributed by atoms with van der Waals surface area (Å²) in [6, 6.07) is 11.5. The van der Waals surface area contributed by atoms with E-state index in [9.17, 15) is 19.8 Å². The van der Waals surface area contributed by atoms with Gasteiger partial charge in [-0.1, -0.05) is 47.5 Å². The Morgan fingerprint density at radius 1 is 1.00 bits per heavy atom. The molecule has 0 saturated carbocycles. The number of halogens is 2. The predicted molar refractivity (Wildman–Crippen MR) is 113 cm³/mol. The molecule has 0 saturated heterocycles. The number of methoxy groups -OCH3 is 2. The molecule has 0 aliphatic carbocycles. The highest BCUT2D eigenvalue weighted by Gasteiger charge is 2.33. The van der Waals surface area contributed by atoms with E-state index in [0.717, 1.165) is 23.8 Å². The van der Waals surface area contributed by atoms with Crippen molar-refractivity contribution in [1.82, 2.24) is 5.32 Å². The molecule has 3 N–H and O–H groups in total. The molecule has 0 aliphatic heterocycles. The molecule has 0 aliphatic rings. The molecule has 0 radical (unpaired) electrons. The number of hydrogen-bond acceptors (Lipinski definition) is 6. The zero-order valence-corrected chi connectivity index (χ0v) is 18.0. The van der Waals surface area contributed by atoms with Crippen LogP contribution in [0.2, 0.25) is 10.0 Å². The summed E-state index contributed by atoms with van der Waals surface area (Å²) >= 11 is 12.1. The molecule has 1 amide bonds. The Morgan fingerprint density at radius 2 is 1.60 bits per heavy atom. The zero-order chi connectivity index (χ0) is 22.3. The molecule has 7 nitrogen and oxygen atoms in total. The first-order valence-corrected chi connectivity index (χ1v) is 9.78. The summed E-state index contributed by atoms with van der Waals surface area (Å²) < 4.78 is 9.24. The number of benzene rings is 2. The lowest BCUT2D eigenvalue weighted by Gasteiger charge is -2.26. The second kappa shape index (κ2) is 11.3. The molecule has 0 bridgehead atoms. The van der Waals surface area contributed by atoms with Crippen LogP contribution in [0.15, 0.2) is 42.5 Å². The van der Waals surface area contributed by atoms with E-state index >= 15 is 0 Å². The standard InChI is InChI=1S/C21H23Cl2NO6/c1-29-11-18(25)24-17(19(26)20(27)21(28)30-2)7-12-3-5-13(6-4-12)14-8-15(22)10-16(23)9-14/h3-6,8-10,17,19-20,26-27H,7,11H2,1-2H3,(H,24,25)/t17-,19-,20-/m1/s1. The Hall–Kier alpha value is -2.16. The van der Waals surface area contributed by atoms with Gasteiger partial charge in [0.1, 0.15) is 12.7 Å². The predicted octanol–water partition coefficient (Wildman–Crippen LogP) is 2.23. The highest BCUT2D eigenvalue weighted by Crippen LogP contribution is 2.27. The number of amides is 1. The Labute approximate surface area is 184 Å². The van der Waals surface area contributed by atoms with E-state index < -0.39 is 30.1 Å². The minimum Gasteiger partial charge on any atom is -0.467 e. The van der Waals surface area contributed by atoms with Gasteiger partial charge in [0.15, 0.2) is 6.10 Å². The summed E-state index contributed by atoms with van der Waals surface area (Å²) in [6.45, 7) is -0.230. The first-order chi connectivity index (χ1) is 14.2. The lowest BCUT2D eigenvalue weighted by molar-refractivity contribution is -0.158. The summed E-state index contributed by atoms with van der Waals surface area (Å²) in [5.41, 5.74) is 2.47. The molecular formula is C21H23Cl2NO6. The van der Waals surface area contributed by atoms with Crippen LogP contribution >= 0.6 is 23.2 Å². The van der Waals surface area contributed by atoms with Crippen molar-refractivity contribution in [1.29, 1.82) is 0 Å². The fourth-order valence-electron chi connectivity index (χ4n) is 2.92. The van der Waals surface area contributed by atoms with E-state index in [4.69, 9.17) is 27.9 Å². The van der Waals surface area contributed by atoms with Gasteiger partial charge in [-0.3, -0.25) is 4.79 Å². The third-order valence-electron chi connectivity index (χ3n) is 4.41. The van der Waals surface area contributed by atoms with E-state index in [2.05, 4.69) is 10.1 Å². The van der Waals surface area contributed by atoms with Crippen molar-refractivity contribution in [2.45, 2.75) is 24.7 Å². The number of ether oxygens (including phenoxy) is 2. The SMILES string of the molecule is COCC(=O)N[C@H](Cc1ccc(-c2cc(Cl)cc(Cl)c2)cc1)[C@@H](O)[C@@H](O)C(=O)OC. The van der Waals surface area contributed by atoms with E-state index in [-0.39, 0.29) is 13.0 Å². The van der Waals surface area contributed by atoms with Gasteiger partial charge >= 0.3 is 5.97 Å². The lowest BCUT2D eigenvalue weighted by atomic mass is 9.96. The quantitative estimate of drug-likeness (QED) is 0.500. The fraction of sp³-hybridized carbons (Fsp3) is 0.333. The van der Waals surface area contributed by atoms with Gasteiger partial charge in [-0.25, -0.2) is 4.79 Å². The van der Waals surface area contributed by atoms with Gasteiger partial charge < -0.3 is 25.0 Å². The van der Waals surface area contributed by atoms with Gasteiger partial charge in [-0.2, -0.15) is 0 Å². The molecule has 30 heavy (non-hydrogen) atoms. The van der Waals surface area contributed by atoms with Crippen molar-refractivity contribution < 1.29 is 29.3 Å². The van der Waals surface area contributed by atoms with Crippen LogP contribution in [0, 0.1) is 0 Å². The van der Waals surface area contributed by atoms with Crippen LogP contribution in [0.3, 0.4) is 0 Å². The van der Waals surface area contributed by atoms with Crippen LogP contribution in [-0.4, -0.2) is 61.2 Å². The van der Waals surface area contributed by atoms with Gasteiger partial charge in [0, 0.05) is 17.2 Å². The summed E-state index contributed by atoms with van der Waals surface area (Å²) in [6.07, 6.45) is -3.23. The summed E-state index contributed by atoms with van der Waals surface area (Å²) in [4.78, 5) is 23.5. The number of hydrogen-bond donors (Lipinski definition) is 3. The number of esters is 1. The van der Waals surface area contributed by atoms with E-state index in [1.165, 1.54) is 7.11 Å². The average Bonchev–Trinajstić information content (AvgIpc) is 2.71. The Bertz CT molecular complexity index is 854. The number of nitrogens with one attached hydrogen (secondary N) is 1. The molecule has 0 unspecified atom stereocenters. The highest BCUT2D eigenvalue weighted by atomic mass is 35.5. The van der Waals surface area contributed by atoms with Gasteiger partial charge in [0.2, 0.25) is 5.91 Å². The first kappa shape index (κ1) is 24.1. The number of carbonyl (C=O) groups is 2. The Balaban J connectivity index is 2.21. The topological polar surface area (TPSA) is 105 Å². The van der Waals surface area contributed by atoms with Crippen molar-refractivity contribution in [2.75, 3.05) is 20.8 Å². The number of carbonyl (C=O) groups excluding carboxylic acids is 2. The highest BCUT2D eigenvalue weighted by molar-refractivity contribution is 6.35. The first-order valence-electron chi connectivity index (χ1n) is 9.02. The van der Waals surface area contributed by atoms with Gasteiger partial charge in [-0.15, -0.1) is 0 Å². The van der Waals surface area contributed by atoms with Gasteiger partial charge in [-0.05, 0) is 41.3 Å². The lowest BCUT2D eigenvalue weighted by Crippen LogP contribution is -2.52. The summed E-state index contributed by atoms with van der Waals surface area (Å²) in [7, 11) is 2.45. The van der Waals surface area contributed by atoms with Crippen molar-refractivity contribution in [2.24, 2.45) is 0 Å². The third-order valence-corrected chi connectivity index (χ3v) is 4.84. The maximum absolute atomic E-state index is 11.9. The van der Waals surface area contributed by atoms with Crippen LogP contribution < -0.4 is 5.32 Å². The van der Waals surface area contributed by atoms with Crippen LogP contribution in [0.4, 0.5) is 0 Å². The molecule has 162 valence electrons. The largest absolute Gasteiger partial charge is 0.467 e. The monoisotopic (exact) mass is 455 g/mol. The second-order valence-electron chi connectivity index (χ2n) is 6.62. The number of aliphatic hydroxyl groups is 2. The van der Waals surface area contributed by atoms with Gasteiger partial charge in [0.05, 0.1) is 13.2 Å². The second-order valence-corrected chi connectivity index (χ2v) is 7.50. The molecule has 0 heterocycles. The smallest absolute Gasteiger partial charge is 0.337 e. The van der Waals surface area contributed by atoms with E-state index in [1.807, 2.05) is 12.1 Å². The molecule has 2 aromatic rings. The Morgan fingerprint density at radius 3 is 2.13 bits per heavy atom. The minimum atomic E-state index is -1.81. The molecule has 3 atom stereocenters. The average molecular weight is 456 g/mol. The van der Waals surface area contributed by atoms with Crippen LogP contribution in [-0.2, 0) is 25.5 Å².